The molecular weight excluding hydrogens is 150 g/mol. The van der Waals surface area contributed by atoms with Gasteiger partial charge in [0.1, 0.15) is 0 Å². The van der Waals surface area contributed by atoms with Gasteiger partial charge in [-0.05, 0) is 31.2 Å². The van der Waals surface area contributed by atoms with Crippen LogP contribution in [0, 0.1) is 11.8 Å². The van der Waals surface area contributed by atoms with Crippen molar-refractivity contribution in [3.8, 4) is 0 Å². The van der Waals surface area contributed by atoms with Gasteiger partial charge in [-0.1, -0.05) is 6.08 Å². The zero-order chi connectivity index (χ0) is 8.55. The first-order valence-electron chi connectivity index (χ1n) is 4.82. The van der Waals surface area contributed by atoms with E-state index in [0.717, 1.165) is 12.5 Å². The van der Waals surface area contributed by atoms with Crippen LogP contribution < -0.4 is 0 Å². The second-order valence-corrected chi connectivity index (χ2v) is 4.02. The molecule has 0 aromatic carbocycles. The molecule has 3 heterocycles. The van der Waals surface area contributed by atoms with Gasteiger partial charge in [0.2, 0.25) is 0 Å². The highest BCUT2D eigenvalue weighted by Crippen LogP contribution is 2.36. The Kier molecular flexibility index (Phi) is 2.20. The summed E-state index contributed by atoms with van der Waals surface area (Å²) >= 11 is 0. The predicted molar refractivity (Wildman–Crippen MR) is 48.9 cm³/mol. The normalized spacial score (nSPS) is 46.1. The molecule has 0 amide bonds. The third-order valence-electron chi connectivity index (χ3n) is 3.44. The molecule has 2 bridgehead atoms. The molecule has 3 aliphatic heterocycles. The number of fused-ring (bicyclic) bond motifs is 3. The van der Waals surface area contributed by atoms with Gasteiger partial charge >= 0.3 is 0 Å². The Balaban J connectivity index is 2.05. The highest BCUT2D eigenvalue weighted by Gasteiger charge is 2.38. The van der Waals surface area contributed by atoms with Crippen molar-refractivity contribution in [1.29, 1.82) is 0 Å². The van der Waals surface area contributed by atoms with Crippen LogP contribution in [0.2, 0.25) is 0 Å². The fourth-order valence-corrected chi connectivity index (χ4v) is 2.64. The lowest BCUT2D eigenvalue weighted by atomic mass is 9.76. The van der Waals surface area contributed by atoms with E-state index < -0.39 is 0 Å². The third kappa shape index (κ3) is 1.19. The monoisotopic (exact) mass is 167 g/mol. The zero-order valence-electron chi connectivity index (χ0n) is 7.45. The summed E-state index contributed by atoms with van der Waals surface area (Å²) in [5, 5.41) is 9.10. The van der Waals surface area contributed by atoms with E-state index >= 15 is 0 Å². The van der Waals surface area contributed by atoms with E-state index in [1.165, 1.54) is 19.4 Å². The molecule has 2 nitrogen and oxygen atoms in total. The Labute approximate surface area is 73.9 Å². The van der Waals surface area contributed by atoms with Crippen LogP contribution in [0.25, 0.3) is 0 Å². The second kappa shape index (κ2) is 3.19. The maximum absolute atomic E-state index is 9.10. The summed E-state index contributed by atoms with van der Waals surface area (Å²) in [6.45, 7) is 6.50. The Morgan fingerprint density at radius 1 is 1.58 bits per heavy atom. The number of piperidine rings is 3. The van der Waals surface area contributed by atoms with Gasteiger partial charge in [-0.15, -0.1) is 6.58 Å². The average Bonchev–Trinajstić information content (AvgIpc) is 2.18. The summed E-state index contributed by atoms with van der Waals surface area (Å²) in [5.41, 5.74) is 0. The minimum Gasteiger partial charge on any atom is -0.395 e. The lowest BCUT2D eigenvalue weighted by molar-refractivity contribution is -0.00631. The van der Waals surface area contributed by atoms with Gasteiger partial charge in [0.25, 0.3) is 0 Å². The van der Waals surface area contributed by atoms with Crippen LogP contribution in [0.15, 0.2) is 12.7 Å². The molecule has 3 fully saturated rings. The molecule has 68 valence electrons. The van der Waals surface area contributed by atoms with Crippen LogP contribution >= 0.6 is 0 Å². The van der Waals surface area contributed by atoms with Crippen LogP contribution in [0.1, 0.15) is 12.8 Å². The van der Waals surface area contributed by atoms with Gasteiger partial charge in [-0.2, -0.15) is 0 Å². The van der Waals surface area contributed by atoms with Crippen molar-refractivity contribution in [2.45, 2.75) is 18.9 Å². The lowest BCUT2D eigenvalue weighted by Crippen LogP contribution is -2.54. The molecule has 0 aromatic heterocycles. The van der Waals surface area contributed by atoms with Crippen molar-refractivity contribution < 1.29 is 5.11 Å². The summed E-state index contributed by atoms with van der Waals surface area (Å²) in [6.07, 6.45) is 4.56. The summed E-state index contributed by atoms with van der Waals surface area (Å²) < 4.78 is 0. The highest BCUT2D eigenvalue weighted by molar-refractivity contribution is 4.98. The maximum Gasteiger partial charge on any atom is 0.0586 e. The first-order valence-corrected chi connectivity index (χ1v) is 4.82. The Bertz CT molecular complexity index is 181. The highest BCUT2D eigenvalue weighted by atomic mass is 16.3. The Hall–Kier alpha value is -0.340. The molecule has 2 heteroatoms. The summed E-state index contributed by atoms with van der Waals surface area (Å²) in [5.74, 6) is 1.48. The summed E-state index contributed by atoms with van der Waals surface area (Å²) in [7, 11) is 0. The molecule has 3 saturated heterocycles. The molecule has 0 aromatic rings. The van der Waals surface area contributed by atoms with E-state index in [-0.39, 0.29) is 0 Å². The largest absolute Gasteiger partial charge is 0.395 e. The number of aliphatic hydroxyl groups excluding tert-OH is 1. The number of rotatable bonds is 2. The maximum atomic E-state index is 9.10. The van der Waals surface area contributed by atoms with Gasteiger partial charge in [0.15, 0.2) is 0 Å². The van der Waals surface area contributed by atoms with Gasteiger partial charge < -0.3 is 5.11 Å². The first-order chi connectivity index (χ1) is 5.85. The number of hydrogen-bond donors (Lipinski definition) is 1. The fourth-order valence-electron chi connectivity index (χ4n) is 2.64. The molecule has 1 N–H and O–H groups in total. The van der Waals surface area contributed by atoms with Crippen LogP contribution in [-0.2, 0) is 0 Å². The van der Waals surface area contributed by atoms with Crippen molar-refractivity contribution in [1.82, 2.24) is 4.90 Å². The van der Waals surface area contributed by atoms with E-state index in [0.29, 0.717) is 18.6 Å². The molecule has 0 spiro atoms. The van der Waals surface area contributed by atoms with Gasteiger partial charge in [-0.3, -0.25) is 4.90 Å². The minimum atomic E-state index is 0.334. The fraction of sp³-hybridized carbons (Fsp3) is 0.800. The molecule has 0 aliphatic carbocycles. The van der Waals surface area contributed by atoms with Crippen LogP contribution in [0.4, 0.5) is 0 Å². The second-order valence-electron chi connectivity index (χ2n) is 4.02. The minimum absolute atomic E-state index is 0.334. The van der Waals surface area contributed by atoms with E-state index in [1.54, 1.807) is 0 Å². The summed E-state index contributed by atoms with van der Waals surface area (Å²) in [4.78, 5) is 2.41. The number of nitrogens with zero attached hydrogens (tertiary/aromatic N) is 1. The third-order valence-corrected chi connectivity index (χ3v) is 3.44. The Morgan fingerprint density at radius 2 is 2.42 bits per heavy atom. The van der Waals surface area contributed by atoms with E-state index in [2.05, 4.69) is 17.6 Å². The van der Waals surface area contributed by atoms with E-state index in [4.69, 9.17) is 5.11 Å². The van der Waals surface area contributed by atoms with Crippen molar-refractivity contribution in [3.05, 3.63) is 12.7 Å². The lowest BCUT2D eigenvalue weighted by Gasteiger charge is -2.48. The van der Waals surface area contributed by atoms with Crippen LogP contribution in [0.5, 0.6) is 0 Å². The van der Waals surface area contributed by atoms with Crippen LogP contribution in [0.3, 0.4) is 0 Å². The van der Waals surface area contributed by atoms with Gasteiger partial charge in [0, 0.05) is 12.6 Å². The van der Waals surface area contributed by atoms with Crippen molar-refractivity contribution in [2.24, 2.45) is 11.8 Å². The van der Waals surface area contributed by atoms with Gasteiger partial charge in [0.05, 0.1) is 6.61 Å². The molecule has 4 unspecified atom stereocenters. The molecule has 0 saturated carbocycles. The molecule has 0 radical (unpaired) electrons. The van der Waals surface area contributed by atoms with Crippen molar-refractivity contribution in [2.75, 3.05) is 19.7 Å². The van der Waals surface area contributed by atoms with Crippen molar-refractivity contribution in [3.63, 3.8) is 0 Å². The SMILES string of the molecule is C=CC1CN2CCC1CC2CO. The van der Waals surface area contributed by atoms with Crippen LogP contribution in [-0.4, -0.2) is 35.7 Å². The van der Waals surface area contributed by atoms with Gasteiger partial charge in [-0.25, -0.2) is 0 Å². The average molecular weight is 167 g/mol. The smallest absolute Gasteiger partial charge is 0.0586 e. The number of aliphatic hydroxyl groups is 1. The predicted octanol–water partition coefficient (Wildman–Crippen LogP) is 0.875. The number of hydrogen-bond acceptors (Lipinski definition) is 2. The van der Waals surface area contributed by atoms with E-state index in [1.807, 2.05) is 0 Å². The van der Waals surface area contributed by atoms with E-state index in [9.17, 15) is 0 Å². The zero-order valence-corrected chi connectivity index (χ0v) is 7.45. The molecule has 12 heavy (non-hydrogen) atoms. The van der Waals surface area contributed by atoms with Crippen molar-refractivity contribution >= 4 is 0 Å². The first kappa shape index (κ1) is 8.27. The quantitative estimate of drug-likeness (QED) is 0.617. The topological polar surface area (TPSA) is 23.5 Å². The molecular formula is C10H17NO. The summed E-state index contributed by atoms with van der Waals surface area (Å²) in [6, 6.07) is 0.444. The molecule has 4 atom stereocenters. The standard InChI is InChI=1S/C10H17NO/c1-2-8-6-11-4-3-9(8)5-10(11)7-12/h2,8-10,12H,1,3-7H2. The Morgan fingerprint density at radius 3 is 2.92 bits per heavy atom. The molecule has 3 aliphatic rings. The molecule has 3 rings (SSSR count).